The lowest BCUT2D eigenvalue weighted by Gasteiger charge is -2.37. The number of carbonyl (C=O) groups excluding carboxylic acids is 1. The number of fused-ring (bicyclic) bond motifs is 1. The summed E-state index contributed by atoms with van der Waals surface area (Å²) in [7, 11) is 1.51. The lowest BCUT2D eigenvalue weighted by atomic mass is 9.70. The molecule has 8 heteroatoms. The minimum absolute atomic E-state index is 0.0106. The first-order valence-electron chi connectivity index (χ1n) is 10.9. The number of Topliss-reactive ketones (excluding diaryl/α,β-unsaturated/α-hetero) is 1. The summed E-state index contributed by atoms with van der Waals surface area (Å²) in [6.07, 6.45) is -4.08. The number of para-hydroxylation sites is 1. The Morgan fingerprint density at radius 2 is 1.74 bits per heavy atom. The molecule has 5 nitrogen and oxygen atoms in total. The van der Waals surface area contributed by atoms with Crippen LogP contribution in [0.25, 0.3) is 5.69 Å². The highest BCUT2D eigenvalue weighted by atomic mass is 19.4. The summed E-state index contributed by atoms with van der Waals surface area (Å²) in [5, 5.41) is 3.97. The Balaban J connectivity index is 1.81. The van der Waals surface area contributed by atoms with E-state index in [1.54, 1.807) is 54.6 Å². The van der Waals surface area contributed by atoms with Crippen LogP contribution < -0.4 is 9.47 Å². The number of hydrogen-bond acceptors (Lipinski definition) is 4. The molecule has 34 heavy (non-hydrogen) atoms. The third-order valence-electron chi connectivity index (χ3n) is 6.27. The van der Waals surface area contributed by atoms with Crippen molar-refractivity contribution in [3.05, 3.63) is 82.8 Å². The molecular formula is C26H23F3N2O3. The number of rotatable bonds is 3. The van der Waals surface area contributed by atoms with Gasteiger partial charge in [-0.3, -0.25) is 4.79 Å². The third-order valence-corrected chi connectivity index (χ3v) is 6.27. The summed E-state index contributed by atoms with van der Waals surface area (Å²) in [6.45, 7) is 3.90. The molecule has 1 unspecified atom stereocenters. The number of ketones is 1. The Bertz CT molecular complexity index is 1290. The summed E-state index contributed by atoms with van der Waals surface area (Å²) in [5.74, 6) is -0.207. The summed E-state index contributed by atoms with van der Waals surface area (Å²) < 4.78 is 55.5. The Kier molecular flexibility index (Phi) is 5.07. The van der Waals surface area contributed by atoms with Crippen molar-refractivity contribution in [2.75, 3.05) is 7.11 Å². The highest BCUT2D eigenvalue weighted by Gasteiger charge is 2.49. The van der Waals surface area contributed by atoms with E-state index in [0.29, 0.717) is 29.2 Å². The Morgan fingerprint density at radius 3 is 2.35 bits per heavy atom. The smallest absolute Gasteiger partial charge is 0.435 e. The highest BCUT2D eigenvalue weighted by Crippen LogP contribution is 2.53. The van der Waals surface area contributed by atoms with Crippen LogP contribution in [-0.4, -0.2) is 22.7 Å². The number of aromatic nitrogens is 2. The molecule has 0 saturated heterocycles. The van der Waals surface area contributed by atoms with Crippen molar-refractivity contribution in [1.82, 2.24) is 9.78 Å². The van der Waals surface area contributed by atoms with Gasteiger partial charge >= 0.3 is 6.18 Å². The molecule has 2 aromatic carbocycles. The summed E-state index contributed by atoms with van der Waals surface area (Å²) in [6, 6.07) is 15.3. The second kappa shape index (κ2) is 7.75. The van der Waals surface area contributed by atoms with Gasteiger partial charge in [0.15, 0.2) is 11.5 Å². The molecule has 0 saturated carbocycles. The van der Waals surface area contributed by atoms with Crippen LogP contribution in [0.4, 0.5) is 13.2 Å². The van der Waals surface area contributed by atoms with Gasteiger partial charge in [0.1, 0.15) is 11.5 Å². The van der Waals surface area contributed by atoms with Crippen LogP contribution in [0.1, 0.15) is 49.4 Å². The van der Waals surface area contributed by atoms with E-state index in [9.17, 15) is 18.0 Å². The Morgan fingerprint density at radius 1 is 1.06 bits per heavy atom. The number of benzene rings is 2. The molecule has 1 aliphatic carbocycles. The van der Waals surface area contributed by atoms with Crippen molar-refractivity contribution in [3.63, 3.8) is 0 Å². The van der Waals surface area contributed by atoms with Crippen molar-refractivity contribution in [3.8, 4) is 17.3 Å². The number of nitrogens with zero attached hydrogens (tertiary/aromatic N) is 2. The molecule has 1 atom stereocenters. The predicted molar refractivity (Wildman–Crippen MR) is 119 cm³/mol. The monoisotopic (exact) mass is 468 g/mol. The number of halogens is 3. The summed E-state index contributed by atoms with van der Waals surface area (Å²) >= 11 is 0. The van der Waals surface area contributed by atoms with Gasteiger partial charge in [0, 0.05) is 24.3 Å². The predicted octanol–water partition coefficient (Wildman–Crippen LogP) is 6.07. The molecule has 2 heterocycles. The molecule has 1 aliphatic heterocycles. The molecule has 0 bridgehead atoms. The molecule has 1 aromatic heterocycles. The molecule has 0 radical (unpaired) electrons. The van der Waals surface area contributed by atoms with Gasteiger partial charge in [0.2, 0.25) is 5.88 Å². The Hall–Kier alpha value is -3.55. The average Bonchev–Trinajstić information content (AvgIpc) is 3.17. The van der Waals surface area contributed by atoms with Crippen molar-refractivity contribution in [2.24, 2.45) is 5.41 Å². The second-order valence-corrected chi connectivity index (χ2v) is 9.40. The van der Waals surface area contributed by atoms with Crippen LogP contribution in [-0.2, 0) is 11.0 Å². The zero-order valence-corrected chi connectivity index (χ0v) is 18.9. The van der Waals surface area contributed by atoms with Gasteiger partial charge in [0.25, 0.3) is 0 Å². The van der Waals surface area contributed by atoms with Crippen LogP contribution in [0.3, 0.4) is 0 Å². The summed E-state index contributed by atoms with van der Waals surface area (Å²) in [4.78, 5) is 13.3. The minimum Gasteiger partial charge on any atom is -0.497 e. The van der Waals surface area contributed by atoms with Gasteiger partial charge in [-0.15, -0.1) is 0 Å². The van der Waals surface area contributed by atoms with Gasteiger partial charge in [-0.1, -0.05) is 44.2 Å². The van der Waals surface area contributed by atoms with Gasteiger partial charge in [-0.25, -0.2) is 0 Å². The molecule has 0 fully saturated rings. The molecular weight excluding hydrogens is 445 g/mol. The average molecular weight is 468 g/mol. The maximum absolute atomic E-state index is 14.3. The number of ether oxygens (including phenoxy) is 2. The molecule has 0 N–H and O–H groups in total. The van der Waals surface area contributed by atoms with E-state index in [-0.39, 0.29) is 34.6 Å². The maximum atomic E-state index is 14.3. The van der Waals surface area contributed by atoms with Crippen molar-refractivity contribution >= 4 is 5.78 Å². The topological polar surface area (TPSA) is 53.4 Å². The molecule has 2 aliphatic rings. The standard InChI is InChI=1S/C26H23F3N2O3/c1-25(2)13-18(32)21-19(14-25)34-24-22(20(21)15-9-11-17(33-3)12-10-15)23(26(27,28)29)30-31(24)16-7-5-4-6-8-16/h4-12,20H,13-14H2,1-3H3. The summed E-state index contributed by atoms with van der Waals surface area (Å²) in [5.41, 5.74) is -0.320. The quantitative estimate of drug-likeness (QED) is 0.468. The van der Waals surface area contributed by atoms with Crippen LogP contribution in [0.15, 0.2) is 65.9 Å². The van der Waals surface area contributed by atoms with Crippen LogP contribution in [0, 0.1) is 5.41 Å². The van der Waals surface area contributed by atoms with E-state index in [0.717, 1.165) is 0 Å². The maximum Gasteiger partial charge on any atom is 0.435 e. The SMILES string of the molecule is COc1ccc(C2C3=C(CC(C)(C)CC3=O)Oc3c2c(C(F)(F)F)nn3-c2ccccc2)cc1. The highest BCUT2D eigenvalue weighted by molar-refractivity contribution is 6.00. The number of hydrogen-bond donors (Lipinski definition) is 0. The minimum atomic E-state index is -4.74. The van der Waals surface area contributed by atoms with E-state index in [1.165, 1.54) is 11.8 Å². The largest absolute Gasteiger partial charge is 0.497 e. The molecule has 5 rings (SSSR count). The zero-order valence-electron chi connectivity index (χ0n) is 18.9. The van der Waals surface area contributed by atoms with Gasteiger partial charge in [-0.2, -0.15) is 23.0 Å². The zero-order chi connectivity index (χ0) is 24.3. The third kappa shape index (κ3) is 3.67. The van der Waals surface area contributed by atoms with Gasteiger partial charge < -0.3 is 9.47 Å². The van der Waals surface area contributed by atoms with E-state index in [2.05, 4.69) is 5.10 Å². The van der Waals surface area contributed by atoms with E-state index < -0.39 is 17.8 Å². The van der Waals surface area contributed by atoms with Crippen molar-refractivity contribution in [2.45, 2.75) is 38.8 Å². The molecule has 0 amide bonds. The van der Waals surface area contributed by atoms with Crippen LogP contribution in [0.2, 0.25) is 0 Å². The van der Waals surface area contributed by atoms with Crippen molar-refractivity contribution < 1.29 is 27.4 Å². The lowest BCUT2D eigenvalue weighted by molar-refractivity contribution is -0.142. The van der Waals surface area contributed by atoms with E-state index in [4.69, 9.17) is 9.47 Å². The number of allylic oxidation sites excluding steroid dienone is 2. The van der Waals surface area contributed by atoms with E-state index >= 15 is 0 Å². The lowest BCUT2D eigenvalue weighted by Crippen LogP contribution is -2.33. The second-order valence-electron chi connectivity index (χ2n) is 9.40. The Labute approximate surface area is 194 Å². The first kappa shape index (κ1) is 22.3. The normalized spacial score (nSPS) is 19.4. The number of carbonyl (C=O) groups is 1. The van der Waals surface area contributed by atoms with Gasteiger partial charge in [0.05, 0.1) is 18.4 Å². The molecule has 3 aromatic rings. The molecule has 0 spiro atoms. The molecule has 176 valence electrons. The van der Waals surface area contributed by atoms with Gasteiger partial charge in [-0.05, 0) is 35.2 Å². The van der Waals surface area contributed by atoms with Crippen molar-refractivity contribution in [1.29, 1.82) is 0 Å². The first-order chi connectivity index (χ1) is 16.1. The fourth-order valence-electron chi connectivity index (χ4n) is 4.81. The fourth-order valence-corrected chi connectivity index (χ4v) is 4.81. The number of methoxy groups -OCH3 is 1. The number of alkyl halides is 3. The van der Waals surface area contributed by atoms with E-state index in [1.807, 2.05) is 13.8 Å². The van der Waals surface area contributed by atoms with Crippen LogP contribution in [0.5, 0.6) is 11.6 Å². The van der Waals surface area contributed by atoms with Crippen LogP contribution >= 0.6 is 0 Å². The fraction of sp³-hybridized carbons (Fsp3) is 0.308. The first-order valence-corrected chi connectivity index (χ1v) is 10.9.